The maximum absolute atomic E-state index is 14.0. The van der Waals surface area contributed by atoms with Crippen LogP contribution in [-0.2, 0) is 17.8 Å². The number of phenols is 1. The van der Waals surface area contributed by atoms with Crippen molar-refractivity contribution in [3.8, 4) is 23.0 Å². The molecule has 10 nitrogen and oxygen atoms in total. The number of benzene rings is 3. The molecule has 10 heteroatoms. The summed E-state index contributed by atoms with van der Waals surface area (Å²) >= 11 is 0. The molecule has 2 amide bonds. The van der Waals surface area contributed by atoms with E-state index in [1.807, 2.05) is 47.4 Å². The molecule has 216 valence electrons. The van der Waals surface area contributed by atoms with E-state index in [2.05, 4.69) is 10.5 Å². The van der Waals surface area contributed by atoms with Gasteiger partial charge in [-0.25, -0.2) is 0 Å². The zero-order valence-corrected chi connectivity index (χ0v) is 23.4. The predicted octanol–water partition coefficient (Wildman–Crippen LogP) is 4.93. The standard InChI is InChI=1S/C32H31N3O7/c1-19-27(18-39-2)29(34-42-19)32(38)35-13-11-20-15-23-7-9-25(20)30(35)21-5-3-6-22(16-21)40-14-4-12-33-31(37)26-17-24(41-23)8-10-28(26)36/h3,5-10,15-17,30,36H,4,11-14,18H2,1-2H3,(H,33,37). The monoisotopic (exact) mass is 569 g/mol. The number of carbonyl (C=O) groups is 2. The molecule has 0 fully saturated rings. The minimum Gasteiger partial charge on any atom is -0.507 e. The van der Waals surface area contributed by atoms with E-state index in [0.717, 1.165) is 16.7 Å². The Hall–Kier alpha value is -4.83. The van der Waals surface area contributed by atoms with Crippen molar-refractivity contribution in [2.75, 3.05) is 26.8 Å². The zero-order chi connectivity index (χ0) is 29.2. The number of aryl methyl sites for hydroxylation is 1. The van der Waals surface area contributed by atoms with E-state index in [4.69, 9.17) is 18.7 Å². The molecule has 3 aliphatic heterocycles. The molecule has 4 aromatic rings. The Morgan fingerprint density at radius 3 is 2.81 bits per heavy atom. The third kappa shape index (κ3) is 5.28. The second-order valence-electron chi connectivity index (χ2n) is 10.3. The van der Waals surface area contributed by atoms with Crippen molar-refractivity contribution in [3.63, 3.8) is 0 Å². The molecule has 7 rings (SSSR count). The van der Waals surface area contributed by atoms with Gasteiger partial charge >= 0.3 is 0 Å². The molecule has 42 heavy (non-hydrogen) atoms. The fourth-order valence-electron chi connectivity index (χ4n) is 5.48. The van der Waals surface area contributed by atoms with Gasteiger partial charge in [0.15, 0.2) is 5.69 Å². The largest absolute Gasteiger partial charge is 0.507 e. The van der Waals surface area contributed by atoms with Crippen LogP contribution >= 0.6 is 0 Å². The summed E-state index contributed by atoms with van der Waals surface area (Å²) in [5.41, 5.74) is 3.88. The summed E-state index contributed by atoms with van der Waals surface area (Å²) in [6.07, 6.45) is 1.14. The van der Waals surface area contributed by atoms with Crippen LogP contribution in [-0.4, -0.2) is 53.8 Å². The summed E-state index contributed by atoms with van der Waals surface area (Å²) in [5.74, 6) is 1.45. The van der Waals surface area contributed by atoms with E-state index >= 15 is 0 Å². The second kappa shape index (κ2) is 11.6. The molecule has 1 aromatic heterocycles. The molecular weight excluding hydrogens is 538 g/mol. The van der Waals surface area contributed by atoms with E-state index in [1.165, 1.54) is 12.1 Å². The topological polar surface area (TPSA) is 123 Å². The van der Waals surface area contributed by atoms with E-state index in [0.29, 0.717) is 61.1 Å². The summed E-state index contributed by atoms with van der Waals surface area (Å²) in [7, 11) is 1.57. The van der Waals surface area contributed by atoms with E-state index in [9.17, 15) is 14.7 Å². The van der Waals surface area contributed by atoms with Gasteiger partial charge in [-0.05, 0) is 78.9 Å². The van der Waals surface area contributed by atoms with Crippen molar-refractivity contribution < 1.29 is 33.4 Å². The molecule has 8 bridgehead atoms. The average molecular weight is 570 g/mol. The summed E-state index contributed by atoms with van der Waals surface area (Å²) in [6, 6.07) is 17.6. The Morgan fingerprint density at radius 1 is 1.12 bits per heavy atom. The highest BCUT2D eigenvalue weighted by Gasteiger charge is 2.36. The molecule has 1 atom stereocenters. The van der Waals surface area contributed by atoms with Gasteiger partial charge < -0.3 is 34.1 Å². The van der Waals surface area contributed by atoms with Gasteiger partial charge in [0, 0.05) is 20.2 Å². The maximum Gasteiger partial charge on any atom is 0.277 e. The Balaban J connectivity index is 1.43. The number of rotatable bonds is 3. The molecule has 0 saturated heterocycles. The van der Waals surface area contributed by atoms with E-state index in [-0.39, 0.29) is 29.5 Å². The first-order valence-electron chi connectivity index (χ1n) is 13.8. The number of fused-ring (bicyclic) bond motifs is 6. The van der Waals surface area contributed by atoms with Gasteiger partial charge in [-0.1, -0.05) is 23.4 Å². The maximum atomic E-state index is 14.0. The van der Waals surface area contributed by atoms with Crippen LogP contribution in [0.2, 0.25) is 0 Å². The summed E-state index contributed by atoms with van der Waals surface area (Å²) < 4.78 is 22.9. The van der Waals surface area contributed by atoms with Crippen LogP contribution < -0.4 is 14.8 Å². The number of nitrogens with zero attached hydrogens (tertiary/aromatic N) is 2. The molecule has 1 unspecified atom stereocenters. The molecule has 3 aromatic carbocycles. The van der Waals surface area contributed by atoms with Crippen molar-refractivity contribution in [2.24, 2.45) is 0 Å². The van der Waals surface area contributed by atoms with Crippen molar-refractivity contribution in [2.45, 2.75) is 32.4 Å². The first kappa shape index (κ1) is 27.3. The Labute approximate surface area is 242 Å². The van der Waals surface area contributed by atoms with Crippen molar-refractivity contribution in [1.82, 2.24) is 15.4 Å². The molecule has 0 saturated carbocycles. The smallest absolute Gasteiger partial charge is 0.277 e. The number of amides is 2. The van der Waals surface area contributed by atoms with Gasteiger partial charge in [0.25, 0.3) is 11.8 Å². The minimum atomic E-state index is -0.412. The number of aromatic hydroxyl groups is 1. The predicted molar refractivity (Wildman–Crippen MR) is 152 cm³/mol. The Bertz CT molecular complexity index is 1650. The lowest BCUT2D eigenvalue weighted by molar-refractivity contribution is 0.0679. The highest BCUT2D eigenvalue weighted by atomic mass is 16.5. The van der Waals surface area contributed by atoms with Gasteiger partial charge in [0.1, 0.15) is 28.8 Å². The second-order valence-corrected chi connectivity index (χ2v) is 10.3. The molecule has 2 N–H and O–H groups in total. The van der Waals surface area contributed by atoms with Gasteiger partial charge in [-0.3, -0.25) is 9.59 Å². The molecular formula is C32H31N3O7. The number of nitrogens with one attached hydrogen (secondary N) is 1. The summed E-state index contributed by atoms with van der Waals surface area (Å²) in [5, 5.41) is 17.2. The molecule has 0 aliphatic carbocycles. The third-order valence-corrected chi connectivity index (χ3v) is 7.58. The SMILES string of the molecule is COCc1c(C(=O)N2CCc3cc4ccc3C2c2cccc(c2)OCCCNC(=O)c2cc(ccc2O)O4)noc1C. The van der Waals surface area contributed by atoms with E-state index < -0.39 is 11.9 Å². The van der Waals surface area contributed by atoms with Crippen molar-refractivity contribution in [3.05, 3.63) is 99.9 Å². The minimum absolute atomic E-state index is 0.128. The lowest BCUT2D eigenvalue weighted by Crippen LogP contribution is -2.41. The van der Waals surface area contributed by atoms with Crippen molar-refractivity contribution >= 4 is 11.8 Å². The highest BCUT2D eigenvalue weighted by Crippen LogP contribution is 2.40. The van der Waals surface area contributed by atoms with Crippen LogP contribution in [0.15, 0.2) is 65.2 Å². The molecule has 0 spiro atoms. The third-order valence-electron chi connectivity index (χ3n) is 7.58. The lowest BCUT2D eigenvalue weighted by atomic mass is 9.87. The van der Waals surface area contributed by atoms with Crippen molar-refractivity contribution in [1.29, 1.82) is 0 Å². The highest BCUT2D eigenvalue weighted by molar-refractivity contribution is 5.97. The number of hydrogen-bond acceptors (Lipinski definition) is 8. The summed E-state index contributed by atoms with van der Waals surface area (Å²) in [4.78, 5) is 28.6. The first-order valence-corrected chi connectivity index (χ1v) is 13.8. The van der Waals surface area contributed by atoms with E-state index in [1.54, 1.807) is 20.1 Å². The fourth-order valence-corrected chi connectivity index (χ4v) is 5.48. The van der Waals surface area contributed by atoms with Gasteiger partial charge in [-0.2, -0.15) is 0 Å². The van der Waals surface area contributed by atoms with Crippen LogP contribution in [0.25, 0.3) is 0 Å². The normalized spacial score (nSPS) is 16.6. The Morgan fingerprint density at radius 2 is 1.95 bits per heavy atom. The molecule has 0 radical (unpaired) electrons. The fraction of sp³-hybridized carbons (Fsp3) is 0.281. The van der Waals surface area contributed by atoms with Crippen LogP contribution in [0.3, 0.4) is 0 Å². The van der Waals surface area contributed by atoms with Crippen LogP contribution in [0.4, 0.5) is 0 Å². The quantitative estimate of drug-likeness (QED) is 0.356. The summed E-state index contributed by atoms with van der Waals surface area (Å²) in [6.45, 7) is 3.15. The number of carbonyl (C=O) groups excluding carboxylic acids is 2. The van der Waals surface area contributed by atoms with Gasteiger partial charge in [-0.15, -0.1) is 0 Å². The van der Waals surface area contributed by atoms with Crippen LogP contribution in [0, 0.1) is 6.92 Å². The van der Waals surface area contributed by atoms with Gasteiger partial charge in [0.2, 0.25) is 0 Å². The Kier molecular flexibility index (Phi) is 7.54. The number of aromatic nitrogens is 1. The van der Waals surface area contributed by atoms with Gasteiger partial charge in [0.05, 0.1) is 30.4 Å². The number of phenolic OH excluding ortho intramolecular Hbond substituents is 1. The average Bonchev–Trinajstić information content (AvgIpc) is 3.36. The molecule has 4 heterocycles. The van der Waals surface area contributed by atoms with Crippen LogP contribution in [0.1, 0.15) is 61.3 Å². The number of methoxy groups -OCH3 is 1. The lowest BCUT2D eigenvalue weighted by Gasteiger charge is -2.37. The number of ether oxygens (including phenoxy) is 3. The molecule has 3 aliphatic rings. The zero-order valence-electron chi connectivity index (χ0n) is 23.4. The van der Waals surface area contributed by atoms with Crippen LogP contribution in [0.5, 0.6) is 23.0 Å². The first-order chi connectivity index (χ1) is 20.4. The number of hydrogen-bond donors (Lipinski definition) is 2.